The van der Waals surface area contributed by atoms with Crippen LogP contribution in [0.25, 0.3) is 0 Å². The van der Waals surface area contributed by atoms with Crippen LogP contribution in [0, 0.1) is 0 Å². The van der Waals surface area contributed by atoms with Gasteiger partial charge in [0, 0.05) is 6.20 Å². The molecule has 0 aliphatic carbocycles. The van der Waals surface area contributed by atoms with E-state index in [1.807, 2.05) is 6.92 Å². The lowest BCUT2D eigenvalue weighted by atomic mass is 10.2. The molecule has 0 radical (unpaired) electrons. The van der Waals surface area contributed by atoms with Gasteiger partial charge in [0.1, 0.15) is 5.82 Å². The van der Waals surface area contributed by atoms with Gasteiger partial charge in [0.25, 0.3) is 0 Å². The zero-order chi connectivity index (χ0) is 13.4. The minimum Gasteiger partial charge on any atom is -0.465 e. The first-order valence-electron chi connectivity index (χ1n) is 5.65. The summed E-state index contributed by atoms with van der Waals surface area (Å²) < 4.78 is 9.47. The van der Waals surface area contributed by atoms with Crippen molar-refractivity contribution in [2.45, 2.75) is 19.8 Å². The van der Waals surface area contributed by atoms with Crippen molar-refractivity contribution in [3.05, 3.63) is 23.9 Å². The maximum absolute atomic E-state index is 11.3. The van der Waals surface area contributed by atoms with Gasteiger partial charge in [-0.2, -0.15) is 0 Å². The van der Waals surface area contributed by atoms with Crippen molar-refractivity contribution >= 4 is 17.9 Å². The van der Waals surface area contributed by atoms with Gasteiger partial charge in [0.2, 0.25) is 0 Å². The third-order valence-corrected chi connectivity index (χ3v) is 2.14. The topological polar surface area (TPSA) is 77.5 Å². The van der Waals surface area contributed by atoms with Crippen LogP contribution >= 0.6 is 0 Å². The first kappa shape index (κ1) is 14.0. The molecule has 6 nitrogen and oxygen atoms in total. The van der Waals surface area contributed by atoms with E-state index >= 15 is 0 Å². The Morgan fingerprint density at radius 3 is 2.89 bits per heavy atom. The minimum atomic E-state index is -0.585. The van der Waals surface area contributed by atoms with E-state index in [9.17, 15) is 9.59 Å². The quantitative estimate of drug-likeness (QED) is 0.642. The summed E-state index contributed by atoms with van der Waals surface area (Å²) in [5.41, 5.74) is 0.316. The largest absolute Gasteiger partial charge is 0.465 e. The molecule has 0 bridgehead atoms. The third-order valence-electron chi connectivity index (χ3n) is 2.14. The molecule has 1 rings (SSSR count). The first-order chi connectivity index (χ1) is 8.67. The fraction of sp³-hybridized carbons (Fsp3) is 0.417. The van der Waals surface area contributed by atoms with E-state index in [4.69, 9.17) is 4.74 Å². The molecule has 98 valence electrons. The van der Waals surface area contributed by atoms with Crippen LogP contribution in [-0.4, -0.2) is 30.8 Å². The molecule has 0 saturated carbocycles. The summed E-state index contributed by atoms with van der Waals surface area (Å²) >= 11 is 0. The van der Waals surface area contributed by atoms with Gasteiger partial charge >= 0.3 is 12.1 Å². The van der Waals surface area contributed by atoms with Crippen molar-refractivity contribution in [3.8, 4) is 0 Å². The second kappa shape index (κ2) is 7.26. The molecule has 1 amide bonds. The third kappa shape index (κ3) is 4.40. The van der Waals surface area contributed by atoms with Gasteiger partial charge in [0.15, 0.2) is 0 Å². The van der Waals surface area contributed by atoms with E-state index in [1.54, 1.807) is 0 Å². The van der Waals surface area contributed by atoms with Crippen molar-refractivity contribution in [1.29, 1.82) is 0 Å². The Hall–Kier alpha value is -2.11. The number of carbonyl (C=O) groups is 2. The van der Waals surface area contributed by atoms with Gasteiger partial charge in [-0.05, 0) is 18.6 Å². The highest BCUT2D eigenvalue weighted by Gasteiger charge is 2.08. The second-order valence-corrected chi connectivity index (χ2v) is 3.54. The van der Waals surface area contributed by atoms with Gasteiger partial charge in [0.05, 0.1) is 19.3 Å². The molecule has 0 spiro atoms. The standard InChI is InChI=1S/C12H16N2O4/c1-3-4-7-18-12(16)14-10-8-9(5-6-13-10)11(15)17-2/h5-6,8H,3-4,7H2,1-2H3,(H,13,14,16). The molecule has 0 atom stereocenters. The molecule has 0 unspecified atom stereocenters. The van der Waals surface area contributed by atoms with Crippen molar-refractivity contribution in [3.63, 3.8) is 0 Å². The SMILES string of the molecule is CCCCOC(=O)Nc1cc(C(=O)OC)ccn1. The number of nitrogens with one attached hydrogen (secondary N) is 1. The van der Waals surface area contributed by atoms with E-state index in [1.165, 1.54) is 25.4 Å². The number of ether oxygens (including phenoxy) is 2. The average molecular weight is 252 g/mol. The Kier molecular flexibility index (Phi) is 5.63. The molecule has 1 N–H and O–H groups in total. The zero-order valence-corrected chi connectivity index (χ0v) is 10.4. The Bertz CT molecular complexity index is 420. The lowest BCUT2D eigenvalue weighted by Gasteiger charge is -2.06. The lowest BCUT2D eigenvalue weighted by Crippen LogP contribution is -2.15. The van der Waals surface area contributed by atoms with Crippen molar-refractivity contribution in [2.24, 2.45) is 0 Å². The molecule has 1 heterocycles. The monoisotopic (exact) mass is 252 g/mol. The molecule has 0 fully saturated rings. The fourth-order valence-corrected chi connectivity index (χ4v) is 1.19. The van der Waals surface area contributed by atoms with E-state index in [2.05, 4.69) is 15.0 Å². The Morgan fingerprint density at radius 2 is 2.22 bits per heavy atom. The van der Waals surface area contributed by atoms with Crippen LogP contribution in [-0.2, 0) is 9.47 Å². The van der Waals surface area contributed by atoms with Gasteiger partial charge in [-0.25, -0.2) is 14.6 Å². The van der Waals surface area contributed by atoms with Crippen LogP contribution in [0.1, 0.15) is 30.1 Å². The number of rotatable bonds is 5. The molecule has 1 aromatic heterocycles. The summed E-state index contributed by atoms with van der Waals surface area (Å²) in [7, 11) is 1.29. The van der Waals surface area contributed by atoms with Crippen molar-refractivity contribution < 1.29 is 19.1 Å². The number of hydrogen-bond donors (Lipinski definition) is 1. The smallest absolute Gasteiger partial charge is 0.412 e. The molecule has 1 aromatic rings. The van der Waals surface area contributed by atoms with Crippen LogP contribution in [0.2, 0.25) is 0 Å². The fourth-order valence-electron chi connectivity index (χ4n) is 1.19. The highest BCUT2D eigenvalue weighted by Crippen LogP contribution is 2.08. The maximum Gasteiger partial charge on any atom is 0.412 e. The molecular weight excluding hydrogens is 236 g/mol. The van der Waals surface area contributed by atoms with Crippen LogP contribution in [0.5, 0.6) is 0 Å². The Balaban J connectivity index is 2.56. The summed E-state index contributed by atoms with van der Waals surface area (Å²) in [4.78, 5) is 26.5. The number of unbranched alkanes of at least 4 members (excludes halogenated alkanes) is 1. The molecule has 0 aliphatic rings. The molecule has 0 saturated heterocycles. The van der Waals surface area contributed by atoms with E-state index in [0.29, 0.717) is 12.2 Å². The molecule has 6 heteroatoms. The van der Waals surface area contributed by atoms with Gasteiger partial charge < -0.3 is 9.47 Å². The van der Waals surface area contributed by atoms with Crippen molar-refractivity contribution in [2.75, 3.05) is 19.0 Å². The number of nitrogens with zero attached hydrogens (tertiary/aromatic N) is 1. The number of pyridine rings is 1. The number of methoxy groups -OCH3 is 1. The second-order valence-electron chi connectivity index (χ2n) is 3.54. The van der Waals surface area contributed by atoms with Crippen LogP contribution in [0.15, 0.2) is 18.3 Å². The normalized spacial score (nSPS) is 9.67. The van der Waals surface area contributed by atoms with Crippen molar-refractivity contribution in [1.82, 2.24) is 4.98 Å². The number of carbonyl (C=O) groups excluding carboxylic acids is 2. The Labute approximate surface area is 105 Å². The van der Waals surface area contributed by atoms with Crippen LogP contribution in [0.3, 0.4) is 0 Å². The van der Waals surface area contributed by atoms with E-state index in [0.717, 1.165) is 12.8 Å². The Morgan fingerprint density at radius 1 is 1.44 bits per heavy atom. The zero-order valence-electron chi connectivity index (χ0n) is 10.4. The van der Waals surface area contributed by atoms with Crippen LogP contribution < -0.4 is 5.32 Å². The van der Waals surface area contributed by atoms with E-state index in [-0.39, 0.29) is 5.82 Å². The summed E-state index contributed by atoms with van der Waals surface area (Å²) in [5, 5.41) is 2.44. The summed E-state index contributed by atoms with van der Waals surface area (Å²) in [6.07, 6.45) is 2.58. The summed E-state index contributed by atoms with van der Waals surface area (Å²) in [5.74, 6) is -0.237. The van der Waals surface area contributed by atoms with Gasteiger partial charge in [-0.15, -0.1) is 0 Å². The molecule has 0 aromatic carbocycles. The molecular formula is C12H16N2O4. The average Bonchev–Trinajstić information content (AvgIpc) is 2.38. The highest BCUT2D eigenvalue weighted by molar-refractivity contribution is 5.91. The maximum atomic E-state index is 11.3. The van der Waals surface area contributed by atoms with Gasteiger partial charge in [-0.3, -0.25) is 5.32 Å². The highest BCUT2D eigenvalue weighted by atomic mass is 16.5. The number of anilines is 1. The predicted molar refractivity (Wildman–Crippen MR) is 65.5 cm³/mol. The molecule has 0 aliphatic heterocycles. The number of amides is 1. The lowest BCUT2D eigenvalue weighted by molar-refractivity contribution is 0.0600. The molecule has 18 heavy (non-hydrogen) atoms. The first-order valence-corrected chi connectivity index (χ1v) is 5.65. The minimum absolute atomic E-state index is 0.249. The number of hydrogen-bond acceptors (Lipinski definition) is 5. The predicted octanol–water partition coefficient (Wildman–Crippen LogP) is 2.22. The van der Waals surface area contributed by atoms with Gasteiger partial charge in [-0.1, -0.05) is 13.3 Å². The number of aromatic nitrogens is 1. The number of esters is 1. The summed E-state index contributed by atoms with van der Waals surface area (Å²) in [6.45, 7) is 2.36. The van der Waals surface area contributed by atoms with E-state index < -0.39 is 12.1 Å². The summed E-state index contributed by atoms with van der Waals surface area (Å²) in [6, 6.07) is 2.92. The van der Waals surface area contributed by atoms with Crippen LogP contribution in [0.4, 0.5) is 10.6 Å².